The van der Waals surface area contributed by atoms with Crippen LogP contribution in [0.15, 0.2) is 60.7 Å². The van der Waals surface area contributed by atoms with Gasteiger partial charge in [-0.2, -0.15) is 12.6 Å². The van der Waals surface area contributed by atoms with Crippen LogP contribution >= 0.6 is 24.4 Å². The quantitative estimate of drug-likeness (QED) is 0.613. The highest BCUT2D eigenvalue weighted by Gasteiger charge is 2.05. The van der Waals surface area contributed by atoms with Crippen molar-refractivity contribution < 1.29 is 0 Å². The molecule has 17 heavy (non-hydrogen) atoms. The molecule has 0 heterocycles. The topological polar surface area (TPSA) is 0 Å². The molecule has 0 spiro atoms. The van der Waals surface area contributed by atoms with Gasteiger partial charge in [0, 0.05) is 5.75 Å². The van der Waals surface area contributed by atoms with Gasteiger partial charge in [0.15, 0.2) is 0 Å². The van der Waals surface area contributed by atoms with Crippen LogP contribution in [0.3, 0.4) is 0 Å². The maximum Gasteiger partial charge on any atom is 0.0516 e. The van der Waals surface area contributed by atoms with E-state index in [1.165, 1.54) is 11.1 Å². The van der Waals surface area contributed by atoms with Crippen LogP contribution < -0.4 is 0 Å². The van der Waals surface area contributed by atoms with E-state index in [1.54, 1.807) is 0 Å². The lowest BCUT2D eigenvalue weighted by Crippen LogP contribution is -1.98. The van der Waals surface area contributed by atoms with Crippen molar-refractivity contribution in [3.63, 3.8) is 0 Å². The van der Waals surface area contributed by atoms with Crippen molar-refractivity contribution in [1.82, 2.24) is 0 Å². The lowest BCUT2D eigenvalue weighted by Gasteiger charge is -2.10. The standard InChI is InChI=1S/C15H16S2/c16-15(11-13-7-3-1-4-8-13)17-12-14-9-5-2-6-10-14/h1-10,15-16H,11-12H2. The Balaban J connectivity index is 1.80. The lowest BCUT2D eigenvalue weighted by molar-refractivity contribution is 1.11. The number of thioether (sulfide) groups is 1. The molecule has 0 aliphatic heterocycles. The molecule has 0 aliphatic carbocycles. The van der Waals surface area contributed by atoms with Crippen molar-refractivity contribution in [1.29, 1.82) is 0 Å². The predicted molar refractivity (Wildman–Crippen MR) is 80.7 cm³/mol. The SMILES string of the molecule is SC(Cc1ccccc1)SCc1ccccc1. The molecule has 2 aromatic carbocycles. The minimum Gasteiger partial charge on any atom is -0.165 e. The highest BCUT2D eigenvalue weighted by atomic mass is 32.2. The Morgan fingerprint density at radius 3 is 1.94 bits per heavy atom. The van der Waals surface area contributed by atoms with Gasteiger partial charge in [0.1, 0.15) is 0 Å². The Kier molecular flexibility index (Phi) is 5.02. The first-order valence-electron chi connectivity index (χ1n) is 5.72. The van der Waals surface area contributed by atoms with Crippen molar-refractivity contribution in [3.8, 4) is 0 Å². The minimum atomic E-state index is 0.359. The van der Waals surface area contributed by atoms with Crippen LogP contribution in [0.1, 0.15) is 11.1 Å². The van der Waals surface area contributed by atoms with Crippen LogP contribution in [0.5, 0.6) is 0 Å². The summed E-state index contributed by atoms with van der Waals surface area (Å²) >= 11 is 6.52. The summed E-state index contributed by atoms with van der Waals surface area (Å²) in [5.74, 6) is 1.03. The van der Waals surface area contributed by atoms with E-state index in [0.717, 1.165) is 12.2 Å². The Morgan fingerprint density at radius 2 is 1.35 bits per heavy atom. The molecule has 0 fully saturated rings. The van der Waals surface area contributed by atoms with Crippen LogP contribution in [0.4, 0.5) is 0 Å². The number of thiol groups is 1. The van der Waals surface area contributed by atoms with E-state index < -0.39 is 0 Å². The van der Waals surface area contributed by atoms with Crippen molar-refractivity contribution in [2.75, 3.05) is 0 Å². The molecular formula is C15H16S2. The van der Waals surface area contributed by atoms with Gasteiger partial charge in [-0.3, -0.25) is 0 Å². The van der Waals surface area contributed by atoms with E-state index in [4.69, 9.17) is 0 Å². The maximum atomic E-state index is 4.63. The summed E-state index contributed by atoms with van der Waals surface area (Å²) in [6.07, 6.45) is 1.02. The fourth-order valence-corrected chi connectivity index (χ4v) is 2.96. The second kappa shape index (κ2) is 6.77. The first-order chi connectivity index (χ1) is 8.34. The van der Waals surface area contributed by atoms with Crippen LogP contribution in [0.25, 0.3) is 0 Å². The Labute approximate surface area is 113 Å². The van der Waals surface area contributed by atoms with E-state index in [1.807, 2.05) is 17.8 Å². The normalized spacial score (nSPS) is 12.3. The molecule has 0 nitrogen and oxygen atoms in total. The smallest absolute Gasteiger partial charge is 0.0516 e. The third-order valence-corrected chi connectivity index (χ3v) is 4.22. The Hall–Kier alpha value is -0.860. The summed E-state index contributed by atoms with van der Waals surface area (Å²) < 4.78 is 0.359. The Bertz CT molecular complexity index is 425. The van der Waals surface area contributed by atoms with Crippen LogP contribution in [0.2, 0.25) is 0 Å². The molecule has 1 atom stereocenters. The van der Waals surface area contributed by atoms with Crippen molar-refractivity contribution in [2.24, 2.45) is 0 Å². The molecule has 0 amide bonds. The van der Waals surface area contributed by atoms with E-state index in [-0.39, 0.29) is 0 Å². The van der Waals surface area contributed by atoms with Crippen molar-refractivity contribution >= 4 is 24.4 Å². The van der Waals surface area contributed by atoms with Crippen LogP contribution in [-0.2, 0) is 12.2 Å². The summed E-state index contributed by atoms with van der Waals surface area (Å²) in [6, 6.07) is 21.1. The number of rotatable bonds is 5. The molecule has 0 aliphatic rings. The first kappa shape index (κ1) is 12.6. The summed E-state index contributed by atoms with van der Waals surface area (Å²) in [5.41, 5.74) is 2.72. The summed E-state index contributed by atoms with van der Waals surface area (Å²) in [4.78, 5) is 0. The van der Waals surface area contributed by atoms with Gasteiger partial charge >= 0.3 is 0 Å². The highest BCUT2D eigenvalue weighted by molar-refractivity contribution is 8.09. The van der Waals surface area contributed by atoms with Crippen molar-refractivity contribution in [2.45, 2.75) is 16.8 Å². The zero-order chi connectivity index (χ0) is 11.9. The predicted octanol–water partition coefficient (Wildman–Crippen LogP) is 4.42. The van der Waals surface area contributed by atoms with E-state index in [0.29, 0.717) is 4.58 Å². The average molecular weight is 260 g/mol. The van der Waals surface area contributed by atoms with Gasteiger partial charge in [-0.1, -0.05) is 60.7 Å². The number of benzene rings is 2. The van der Waals surface area contributed by atoms with Gasteiger partial charge in [-0.05, 0) is 17.5 Å². The number of hydrogen-bond donors (Lipinski definition) is 1. The minimum absolute atomic E-state index is 0.359. The fourth-order valence-electron chi connectivity index (χ4n) is 1.64. The molecule has 0 saturated carbocycles. The van der Waals surface area contributed by atoms with Crippen molar-refractivity contribution in [3.05, 3.63) is 71.8 Å². The summed E-state index contributed by atoms with van der Waals surface area (Å²) in [7, 11) is 0. The van der Waals surface area contributed by atoms with Crippen LogP contribution in [0, 0.1) is 0 Å². The zero-order valence-corrected chi connectivity index (χ0v) is 11.3. The molecule has 2 heteroatoms. The van der Waals surface area contributed by atoms with Gasteiger partial charge in [0.25, 0.3) is 0 Å². The largest absolute Gasteiger partial charge is 0.165 e. The van der Waals surface area contributed by atoms with E-state index in [2.05, 4.69) is 67.2 Å². The van der Waals surface area contributed by atoms with E-state index in [9.17, 15) is 0 Å². The average Bonchev–Trinajstić information content (AvgIpc) is 2.39. The third kappa shape index (κ3) is 4.49. The maximum absolute atomic E-state index is 4.63. The van der Waals surface area contributed by atoms with E-state index >= 15 is 0 Å². The summed E-state index contributed by atoms with van der Waals surface area (Å²) in [6.45, 7) is 0. The highest BCUT2D eigenvalue weighted by Crippen LogP contribution is 2.23. The molecule has 2 aromatic rings. The summed E-state index contributed by atoms with van der Waals surface area (Å²) in [5, 5.41) is 0. The van der Waals surface area contributed by atoms with Gasteiger partial charge < -0.3 is 0 Å². The third-order valence-electron chi connectivity index (χ3n) is 2.54. The fraction of sp³-hybridized carbons (Fsp3) is 0.200. The van der Waals surface area contributed by atoms with Gasteiger partial charge in [-0.15, -0.1) is 11.8 Å². The molecule has 0 aromatic heterocycles. The van der Waals surface area contributed by atoms with Gasteiger partial charge in [0.05, 0.1) is 4.58 Å². The molecule has 2 rings (SSSR count). The number of hydrogen-bond acceptors (Lipinski definition) is 2. The van der Waals surface area contributed by atoms with Gasteiger partial charge in [-0.25, -0.2) is 0 Å². The lowest BCUT2D eigenvalue weighted by atomic mass is 10.2. The molecule has 0 saturated heterocycles. The van der Waals surface area contributed by atoms with Crippen LogP contribution in [-0.4, -0.2) is 4.58 Å². The first-order valence-corrected chi connectivity index (χ1v) is 7.28. The molecule has 0 bridgehead atoms. The molecule has 0 radical (unpaired) electrons. The zero-order valence-electron chi connectivity index (χ0n) is 9.62. The monoisotopic (exact) mass is 260 g/mol. The molecule has 0 N–H and O–H groups in total. The second-order valence-electron chi connectivity index (χ2n) is 3.94. The molecule has 1 unspecified atom stereocenters. The Morgan fingerprint density at radius 1 is 0.824 bits per heavy atom. The van der Waals surface area contributed by atoms with Gasteiger partial charge in [0.2, 0.25) is 0 Å². The molecular weight excluding hydrogens is 244 g/mol. The second-order valence-corrected chi connectivity index (χ2v) is 6.10. The molecule has 88 valence electrons.